The molecule has 0 aliphatic carbocycles. The summed E-state index contributed by atoms with van der Waals surface area (Å²) in [5.74, 6) is -0.203. The topological polar surface area (TPSA) is 81.8 Å². The van der Waals surface area contributed by atoms with Crippen LogP contribution in [0.4, 0.5) is 0 Å². The van der Waals surface area contributed by atoms with Crippen LogP contribution < -0.4 is 10.9 Å². The van der Waals surface area contributed by atoms with E-state index in [1.54, 1.807) is 10.9 Å². The molecule has 0 unspecified atom stereocenters. The lowest BCUT2D eigenvalue weighted by Crippen LogP contribution is -2.34. The number of hydrogen-bond acceptors (Lipinski definition) is 4. The Morgan fingerprint density at radius 2 is 1.78 bits per heavy atom. The van der Waals surface area contributed by atoms with Gasteiger partial charge in [0.2, 0.25) is 5.91 Å². The Balaban J connectivity index is 1.70. The molecule has 0 saturated carbocycles. The third-order valence-corrected chi connectivity index (χ3v) is 5.50. The number of carbonyl (C=O) groups is 1. The van der Waals surface area contributed by atoms with Crippen LogP contribution in [0.1, 0.15) is 42.1 Å². The summed E-state index contributed by atoms with van der Waals surface area (Å²) < 4.78 is 2.90. The average molecular weight is 430 g/mol. The number of amides is 1. The summed E-state index contributed by atoms with van der Waals surface area (Å²) >= 11 is 0. The molecule has 1 N–H and O–H groups in total. The Labute approximate surface area is 186 Å². The first-order chi connectivity index (χ1) is 15.3. The predicted octanol–water partition coefficient (Wildman–Crippen LogP) is 3.64. The number of nitrogens with zero attached hydrogens (tertiary/aromatic N) is 4. The number of benzene rings is 2. The second-order valence-electron chi connectivity index (χ2n) is 8.37. The van der Waals surface area contributed by atoms with Crippen molar-refractivity contribution in [2.24, 2.45) is 0 Å². The van der Waals surface area contributed by atoms with Crippen LogP contribution in [0.25, 0.3) is 16.6 Å². The highest BCUT2D eigenvalue weighted by Gasteiger charge is 2.20. The SMILES string of the molecule is Cc1ccc(CNC(=O)Cn2nc(C(C)C)c3cnn(-c4ccccc4C)c3c2=O)cc1. The van der Waals surface area contributed by atoms with E-state index in [0.717, 1.165) is 28.1 Å². The molecule has 2 aromatic heterocycles. The van der Waals surface area contributed by atoms with E-state index in [9.17, 15) is 9.59 Å². The van der Waals surface area contributed by atoms with E-state index in [2.05, 4.69) is 15.5 Å². The van der Waals surface area contributed by atoms with E-state index in [1.165, 1.54) is 4.68 Å². The zero-order valence-corrected chi connectivity index (χ0v) is 18.8. The van der Waals surface area contributed by atoms with Crippen LogP contribution in [0.2, 0.25) is 0 Å². The van der Waals surface area contributed by atoms with Crippen molar-refractivity contribution in [2.45, 2.75) is 46.7 Å². The number of carbonyl (C=O) groups excluding carboxylic acids is 1. The van der Waals surface area contributed by atoms with Crippen LogP contribution in [0, 0.1) is 13.8 Å². The van der Waals surface area contributed by atoms with E-state index in [-0.39, 0.29) is 23.9 Å². The highest BCUT2D eigenvalue weighted by molar-refractivity contribution is 5.83. The molecule has 0 fully saturated rings. The van der Waals surface area contributed by atoms with Gasteiger partial charge < -0.3 is 5.32 Å². The molecule has 0 aliphatic heterocycles. The van der Waals surface area contributed by atoms with E-state index in [4.69, 9.17) is 0 Å². The second kappa shape index (κ2) is 8.78. The van der Waals surface area contributed by atoms with Gasteiger partial charge in [-0.3, -0.25) is 9.59 Å². The minimum atomic E-state index is -0.337. The van der Waals surface area contributed by atoms with Crippen molar-refractivity contribution in [3.63, 3.8) is 0 Å². The number of hydrogen-bond donors (Lipinski definition) is 1. The fraction of sp³-hybridized carbons (Fsp3) is 0.280. The first-order valence-corrected chi connectivity index (χ1v) is 10.7. The number of aryl methyl sites for hydroxylation is 2. The van der Waals surface area contributed by atoms with E-state index < -0.39 is 0 Å². The molecule has 0 aliphatic rings. The van der Waals surface area contributed by atoms with E-state index in [1.807, 2.05) is 76.2 Å². The molecular formula is C25H27N5O2. The van der Waals surface area contributed by atoms with Crippen molar-refractivity contribution in [1.82, 2.24) is 24.9 Å². The van der Waals surface area contributed by atoms with Crippen LogP contribution in [0.15, 0.2) is 59.5 Å². The third kappa shape index (κ3) is 4.19. The monoisotopic (exact) mass is 429 g/mol. The highest BCUT2D eigenvalue weighted by Crippen LogP contribution is 2.24. The fourth-order valence-electron chi connectivity index (χ4n) is 3.71. The van der Waals surface area contributed by atoms with E-state index in [0.29, 0.717) is 17.4 Å². The van der Waals surface area contributed by atoms with Gasteiger partial charge in [0.1, 0.15) is 12.1 Å². The van der Waals surface area contributed by atoms with Crippen molar-refractivity contribution in [3.05, 3.63) is 87.5 Å². The number of nitrogens with one attached hydrogen (secondary N) is 1. The lowest BCUT2D eigenvalue weighted by atomic mass is 10.1. The van der Waals surface area contributed by atoms with Crippen molar-refractivity contribution in [1.29, 1.82) is 0 Å². The van der Waals surface area contributed by atoms with Gasteiger partial charge in [0.05, 0.1) is 17.6 Å². The first-order valence-electron chi connectivity index (χ1n) is 10.7. The molecule has 164 valence electrons. The van der Waals surface area contributed by atoms with Gasteiger partial charge in [-0.1, -0.05) is 61.9 Å². The maximum Gasteiger partial charge on any atom is 0.293 e. The fourth-order valence-corrected chi connectivity index (χ4v) is 3.71. The third-order valence-electron chi connectivity index (χ3n) is 5.50. The summed E-state index contributed by atoms with van der Waals surface area (Å²) in [5.41, 5.74) is 4.83. The maximum absolute atomic E-state index is 13.4. The summed E-state index contributed by atoms with van der Waals surface area (Å²) in [6.45, 7) is 8.26. The van der Waals surface area contributed by atoms with Crippen LogP contribution in [0.3, 0.4) is 0 Å². The Bertz CT molecular complexity index is 1330. The summed E-state index contributed by atoms with van der Waals surface area (Å²) in [6, 6.07) is 15.7. The Hall–Kier alpha value is -3.74. The standard InChI is InChI=1S/C25H27N5O2/c1-16(2)23-20-14-27-30(21-8-6-5-7-18(21)4)24(20)25(32)29(28-23)15-22(31)26-13-19-11-9-17(3)10-12-19/h5-12,14,16H,13,15H2,1-4H3,(H,26,31). The lowest BCUT2D eigenvalue weighted by Gasteiger charge is -2.13. The van der Waals surface area contributed by atoms with Crippen molar-refractivity contribution < 1.29 is 4.79 Å². The van der Waals surface area contributed by atoms with Gasteiger partial charge in [-0.2, -0.15) is 10.2 Å². The molecule has 0 spiro atoms. The molecule has 7 heteroatoms. The zero-order valence-electron chi connectivity index (χ0n) is 18.8. The number of rotatable bonds is 6. The smallest absolute Gasteiger partial charge is 0.293 e. The quantitative estimate of drug-likeness (QED) is 0.507. The van der Waals surface area contributed by atoms with Gasteiger partial charge in [-0.05, 0) is 37.0 Å². The van der Waals surface area contributed by atoms with Crippen molar-refractivity contribution in [2.75, 3.05) is 0 Å². The minimum absolute atomic E-state index is 0.0643. The van der Waals surface area contributed by atoms with Gasteiger partial charge in [0.25, 0.3) is 5.56 Å². The zero-order chi connectivity index (χ0) is 22.8. The lowest BCUT2D eigenvalue weighted by molar-refractivity contribution is -0.122. The summed E-state index contributed by atoms with van der Waals surface area (Å²) in [5, 5.41) is 12.6. The maximum atomic E-state index is 13.4. The van der Waals surface area contributed by atoms with Crippen LogP contribution in [-0.4, -0.2) is 25.5 Å². The molecule has 0 atom stereocenters. The van der Waals surface area contributed by atoms with Gasteiger partial charge in [0.15, 0.2) is 0 Å². The first kappa shape index (κ1) is 21.5. The highest BCUT2D eigenvalue weighted by atomic mass is 16.2. The van der Waals surface area contributed by atoms with Gasteiger partial charge >= 0.3 is 0 Å². The summed E-state index contributed by atoms with van der Waals surface area (Å²) in [7, 11) is 0. The molecule has 7 nitrogen and oxygen atoms in total. The van der Waals surface area contributed by atoms with Gasteiger partial charge in [-0.25, -0.2) is 9.36 Å². The Kier molecular flexibility index (Phi) is 5.90. The van der Waals surface area contributed by atoms with Crippen molar-refractivity contribution >= 4 is 16.8 Å². The molecule has 2 aromatic carbocycles. The molecule has 0 saturated heterocycles. The van der Waals surface area contributed by atoms with Crippen molar-refractivity contribution in [3.8, 4) is 5.69 Å². The minimum Gasteiger partial charge on any atom is -0.350 e. The average Bonchev–Trinajstić information content (AvgIpc) is 3.20. The normalized spacial score (nSPS) is 11.3. The molecule has 2 heterocycles. The van der Waals surface area contributed by atoms with Crippen LogP contribution in [0.5, 0.6) is 0 Å². The molecule has 0 radical (unpaired) electrons. The van der Waals surface area contributed by atoms with E-state index >= 15 is 0 Å². The summed E-state index contributed by atoms with van der Waals surface area (Å²) in [4.78, 5) is 26.0. The number of fused-ring (bicyclic) bond motifs is 1. The molecular weight excluding hydrogens is 402 g/mol. The molecule has 4 aromatic rings. The second-order valence-corrected chi connectivity index (χ2v) is 8.37. The Morgan fingerprint density at radius 3 is 2.47 bits per heavy atom. The predicted molar refractivity (Wildman–Crippen MR) is 125 cm³/mol. The van der Waals surface area contributed by atoms with Crippen LogP contribution >= 0.6 is 0 Å². The molecule has 1 amide bonds. The molecule has 0 bridgehead atoms. The van der Waals surface area contributed by atoms with Crippen LogP contribution in [-0.2, 0) is 17.9 Å². The number of para-hydroxylation sites is 1. The Morgan fingerprint density at radius 1 is 1.06 bits per heavy atom. The van der Waals surface area contributed by atoms with Gasteiger partial charge in [-0.15, -0.1) is 0 Å². The molecule has 32 heavy (non-hydrogen) atoms. The largest absolute Gasteiger partial charge is 0.350 e. The number of aromatic nitrogens is 4. The van der Waals surface area contributed by atoms with Gasteiger partial charge in [0, 0.05) is 11.9 Å². The molecule has 4 rings (SSSR count). The summed E-state index contributed by atoms with van der Waals surface area (Å²) in [6.07, 6.45) is 1.69.